The van der Waals surface area contributed by atoms with Crippen molar-refractivity contribution in [2.45, 2.75) is 75.5 Å². The Kier molecular flexibility index (Phi) is 4.88. The van der Waals surface area contributed by atoms with Crippen LogP contribution in [0, 0.1) is 0 Å². The van der Waals surface area contributed by atoms with Gasteiger partial charge in [0.15, 0.2) is 0 Å². The second kappa shape index (κ2) is 6.52. The van der Waals surface area contributed by atoms with Crippen molar-refractivity contribution in [3.63, 3.8) is 0 Å². The molecule has 0 radical (unpaired) electrons. The Bertz CT molecular complexity index is 434. The van der Waals surface area contributed by atoms with Gasteiger partial charge in [-0.3, -0.25) is 0 Å². The fourth-order valence-corrected chi connectivity index (χ4v) is 5.96. The third-order valence-electron chi connectivity index (χ3n) is 5.52. The van der Waals surface area contributed by atoms with Crippen LogP contribution >= 0.6 is 0 Å². The number of rotatable bonds is 4. The average Bonchev–Trinajstić information content (AvgIpc) is 2.40. The molecule has 0 saturated carbocycles. The van der Waals surface area contributed by atoms with E-state index in [2.05, 4.69) is 22.0 Å². The highest BCUT2D eigenvalue weighted by Gasteiger charge is 2.37. The van der Waals surface area contributed by atoms with Crippen molar-refractivity contribution >= 4 is 10.0 Å². The van der Waals surface area contributed by atoms with E-state index in [9.17, 15) is 8.42 Å². The molecule has 3 fully saturated rings. The molecule has 0 spiro atoms. The standard InChI is InChI=1S/C15H29N3O2S/c1-18-14-6-4-7-15(18)10-13(9-14)17-21(19,20)11-12-5-2-3-8-16-12/h12-17H,2-11H2,1H3. The van der Waals surface area contributed by atoms with Gasteiger partial charge in [0.1, 0.15) is 0 Å². The van der Waals surface area contributed by atoms with Crippen LogP contribution in [-0.2, 0) is 10.0 Å². The van der Waals surface area contributed by atoms with E-state index in [0.717, 1.165) is 32.2 Å². The Morgan fingerprint density at radius 2 is 1.81 bits per heavy atom. The van der Waals surface area contributed by atoms with Gasteiger partial charge in [-0.25, -0.2) is 13.1 Å². The second-order valence-electron chi connectivity index (χ2n) is 7.12. The van der Waals surface area contributed by atoms with E-state index in [1.54, 1.807) is 0 Å². The summed E-state index contributed by atoms with van der Waals surface area (Å²) in [5.74, 6) is 0.245. The summed E-state index contributed by atoms with van der Waals surface area (Å²) in [6.07, 6.45) is 8.98. The van der Waals surface area contributed by atoms with Gasteiger partial charge in [-0.05, 0) is 52.1 Å². The maximum atomic E-state index is 12.4. The molecule has 5 nitrogen and oxygen atoms in total. The van der Waals surface area contributed by atoms with Crippen molar-refractivity contribution < 1.29 is 8.42 Å². The maximum Gasteiger partial charge on any atom is 0.213 e. The number of hydrogen-bond donors (Lipinski definition) is 2. The molecule has 3 rings (SSSR count). The number of piperidine rings is 3. The molecule has 3 heterocycles. The first-order valence-corrected chi connectivity index (χ1v) is 10.1. The van der Waals surface area contributed by atoms with Crippen LogP contribution < -0.4 is 10.0 Å². The lowest BCUT2D eigenvalue weighted by atomic mass is 9.83. The van der Waals surface area contributed by atoms with Gasteiger partial charge in [-0.15, -0.1) is 0 Å². The molecule has 0 amide bonds. The van der Waals surface area contributed by atoms with Gasteiger partial charge in [0.05, 0.1) is 5.75 Å². The zero-order valence-corrected chi connectivity index (χ0v) is 13.9. The largest absolute Gasteiger partial charge is 0.313 e. The number of sulfonamides is 1. The Hall–Kier alpha value is -0.170. The number of hydrogen-bond acceptors (Lipinski definition) is 4. The molecular weight excluding hydrogens is 286 g/mol. The summed E-state index contributed by atoms with van der Waals surface area (Å²) in [6.45, 7) is 0.957. The van der Waals surface area contributed by atoms with Crippen molar-refractivity contribution in [1.29, 1.82) is 0 Å². The van der Waals surface area contributed by atoms with Gasteiger partial charge in [-0.2, -0.15) is 0 Å². The minimum Gasteiger partial charge on any atom is -0.313 e. The Balaban J connectivity index is 1.55. The number of nitrogens with one attached hydrogen (secondary N) is 2. The summed E-state index contributed by atoms with van der Waals surface area (Å²) in [5.41, 5.74) is 0. The van der Waals surface area contributed by atoms with E-state index in [4.69, 9.17) is 0 Å². The number of fused-ring (bicyclic) bond motifs is 2. The lowest BCUT2D eigenvalue weighted by Crippen LogP contribution is -2.56. The van der Waals surface area contributed by atoms with E-state index >= 15 is 0 Å². The number of nitrogens with zero attached hydrogens (tertiary/aromatic N) is 1. The first kappa shape index (κ1) is 15.7. The topological polar surface area (TPSA) is 61.4 Å². The molecule has 0 aromatic heterocycles. The molecule has 2 bridgehead atoms. The monoisotopic (exact) mass is 315 g/mol. The lowest BCUT2D eigenvalue weighted by molar-refractivity contribution is 0.0536. The quantitative estimate of drug-likeness (QED) is 0.814. The van der Waals surface area contributed by atoms with Gasteiger partial charge in [-0.1, -0.05) is 12.8 Å². The predicted molar refractivity (Wildman–Crippen MR) is 84.8 cm³/mol. The van der Waals surface area contributed by atoms with Gasteiger partial charge in [0, 0.05) is 24.2 Å². The van der Waals surface area contributed by atoms with E-state index in [1.807, 2.05) is 0 Å². The molecule has 21 heavy (non-hydrogen) atoms. The van der Waals surface area contributed by atoms with Crippen molar-refractivity contribution in [3.8, 4) is 0 Å². The minimum absolute atomic E-state index is 0.141. The van der Waals surface area contributed by atoms with Crippen molar-refractivity contribution in [2.24, 2.45) is 0 Å². The normalized spacial score (nSPS) is 38.3. The van der Waals surface area contributed by atoms with Crippen LogP contribution in [0.25, 0.3) is 0 Å². The second-order valence-corrected chi connectivity index (χ2v) is 8.92. The molecule has 3 atom stereocenters. The van der Waals surface area contributed by atoms with E-state index in [-0.39, 0.29) is 17.8 Å². The molecule has 0 aromatic rings. The SMILES string of the molecule is CN1C2CCCC1CC(NS(=O)(=O)CC1CCCCN1)C2. The summed E-state index contributed by atoms with van der Waals surface area (Å²) >= 11 is 0. The maximum absolute atomic E-state index is 12.4. The summed E-state index contributed by atoms with van der Waals surface area (Å²) < 4.78 is 27.8. The summed E-state index contributed by atoms with van der Waals surface area (Å²) in [7, 11) is -0.961. The van der Waals surface area contributed by atoms with Crippen LogP contribution in [0.15, 0.2) is 0 Å². The third-order valence-corrected chi connectivity index (χ3v) is 7.05. The van der Waals surface area contributed by atoms with Gasteiger partial charge >= 0.3 is 0 Å². The Morgan fingerprint density at radius 1 is 1.10 bits per heavy atom. The first-order chi connectivity index (χ1) is 10.0. The van der Waals surface area contributed by atoms with Crippen LogP contribution in [0.3, 0.4) is 0 Å². The van der Waals surface area contributed by atoms with Crippen molar-refractivity contribution in [2.75, 3.05) is 19.3 Å². The van der Waals surface area contributed by atoms with E-state index in [1.165, 1.54) is 25.7 Å². The first-order valence-electron chi connectivity index (χ1n) is 8.49. The molecule has 3 saturated heterocycles. The molecule has 122 valence electrons. The highest BCUT2D eigenvalue weighted by molar-refractivity contribution is 7.89. The predicted octanol–water partition coefficient (Wildman–Crippen LogP) is 1.06. The third kappa shape index (κ3) is 3.97. The molecule has 3 unspecified atom stereocenters. The average molecular weight is 315 g/mol. The fraction of sp³-hybridized carbons (Fsp3) is 1.00. The minimum atomic E-state index is -3.16. The van der Waals surface area contributed by atoms with Crippen molar-refractivity contribution in [3.05, 3.63) is 0 Å². The summed E-state index contributed by atoms with van der Waals surface area (Å²) in [6, 6.07) is 1.42. The van der Waals surface area contributed by atoms with Crippen LogP contribution in [0.4, 0.5) is 0 Å². The smallest absolute Gasteiger partial charge is 0.213 e. The van der Waals surface area contributed by atoms with Crippen LogP contribution in [-0.4, -0.2) is 56.8 Å². The van der Waals surface area contributed by atoms with Gasteiger partial charge in [0.2, 0.25) is 10.0 Å². The zero-order chi connectivity index (χ0) is 14.9. The molecule has 3 aliphatic heterocycles. The Labute approximate surface area is 128 Å². The highest BCUT2D eigenvalue weighted by atomic mass is 32.2. The van der Waals surface area contributed by atoms with Gasteiger partial charge in [0.25, 0.3) is 0 Å². The van der Waals surface area contributed by atoms with E-state index < -0.39 is 10.0 Å². The molecular formula is C15H29N3O2S. The Morgan fingerprint density at radius 3 is 2.43 bits per heavy atom. The van der Waals surface area contributed by atoms with Crippen LogP contribution in [0.2, 0.25) is 0 Å². The van der Waals surface area contributed by atoms with Crippen LogP contribution in [0.1, 0.15) is 51.4 Å². The van der Waals surface area contributed by atoms with Crippen molar-refractivity contribution in [1.82, 2.24) is 14.9 Å². The molecule has 2 N–H and O–H groups in total. The molecule has 0 aliphatic carbocycles. The molecule has 6 heteroatoms. The summed E-state index contributed by atoms with van der Waals surface area (Å²) in [4.78, 5) is 2.47. The fourth-order valence-electron chi connectivity index (χ4n) is 4.35. The summed E-state index contributed by atoms with van der Waals surface area (Å²) in [5, 5.41) is 3.33. The van der Waals surface area contributed by atoms with E-state index in [0.29, 0.717) is 12.1 Å². The van der Waals surface area contributed by atoms with Gasteiger partial charge < -0.3 is 10.2 Å². The molecule has 3 aliphatic rings. The van der Waals surface area contributed by atoms with Crippen LogP contribution in [0.5, 0.6) is 0 Å². The zero-order valence-electron chi connectivity index (χ0n) is 13.1. The highest BCUT2D eigenvalue weighted by Crippen LogP contribution is 2.32. The molecule has 0 aromatic carbocycles. The lowest BCUT2D eigenvalue weighted by Gasteiger charge is -2.47.